The highest BCUT2D eigenvalue weighted by atomic mass is 32.2. The minimum Gasteiger partial charge on any atom is -0.481 e. The van der Waals surface area contributed by atoms with Crippen LogP contribution in [0.1, 0.15) is 18.9 Å². The lowest BCUT2D eigenvalue weighted by atomic mass is 10.2. The van der Waals surface area contributed by atoms with E-state index >= 15 is 0 Å². The number of aliphatic carboxylic acids is 1. The summed E-state index contributed by atoms with van der Waals surface area (Å²) in [7, 11) is 0. The third-order valence-electron chi connectivity index (χ3n) is 4.01. The average Bonchev–Trinajstić information content (AvgIpc) is 3.01. The van der Waals surface area contributed by atoms with Crippen LogP contribution in [-0.4, -0.2) is 26.4 Å². The van der Waals surface area contributed by atoms with Crippen molar-refractivity contribution in [3.8, 4) is 0 Å². The van der Waals surface area contributed by atoms with Gasteiger partial charge in [0.15, 0.2) is 5.16 Å². The summed E-state index contributed by atoms with van der Waals surface area (Å²) in [5, 5.41) is 9.51. The Morgan fingerprint density at radius 1 is 1.57 bits per heavy atom. The predicted octanol–water partition coefficient (Wildman–Crippen LogP) is 3.32. The van der Waals surface area contributed by atoms with Crippen molar-refractivity contribution in [2.24, 2.45) is 11.8 Å². The minimum atomic E-state index is -0.874. The first kappa shape index (κ1) is 14.4. The van der Waals surface area contributed by atoms with E-state index in [0.29, 0.717) is 28.1 Å². The smallest absolute Gasteiger partial charge is 0.313 e. The van der Waals surface area contributed by atoms with E-state index in [1.54, 1.807) is 13.0 Å². The largest absolute Gasteiger partial charge is 0.481 e. The third kappa shape index (κ3) is 2.90. The normalized spacial score (nSPS) is 20.9. The zero-order valence-corrected chi connectivity index (χ0v) is 12.8. The van der Waals surface area contributed by atoms with Gasteiger partial charge in [-0.2, -0.15) is 0 Å². The van der Waals surface area contributed by atoms with Crippen LogP contribution in [0.15, 0.2) is 17.3 Å². The van der Waals surface area contributed by atoms with Crippen LogP contribution in [0, 0.1) is 24.6 Å². The summed E-state index contributed by atoms with van der Waals surface area (Å²) in [4.78, 5) is 15.2. The molecule has 112 valence electrons. The molecule has 0 bridgehead atoms. The zero-order valence-electron chi connectivity index (χ0n) is 12.0. The maximum Gasteiger partial charge on any atom is 0.313 e. The highest BCUT2D eigenvalue weighted by Gasteiger charge is 2.33. The number of aromatic nitrogens is 2. The van der Waals surface area contributed by atoms with Crippen LogP contribution in [0.25, 0.3) is 11.0 Å². The Hall–Kier alpha value is -1.56. The Bertz CT molecular complexity index is 713. The fourth-order valence-corrected chi connectivity index (χ4v) is 3.27. The number of nitrogens with zero attached hydrogens (tertiary/aromatic N) is 2. The van der Waals surface area contributed by atoms with Gasteiger partial charge in [-0.1, -0.05) is 18.7 Å². The van der Waals surface area contributed by atoms with Crippen molar-refractivity contribution >= 4 is 28.8 Å². The van der Waals surface area contributed by atoms with Gasteiger partial charge >= 0.3 is 5.97 Å². The Balaban J connectivity index is 2.01. The predicted molar refractivity (Wildman–Crippen MR) is 80.1 cm³/mol. The molecule has 3 rings (SSSR count). The van der Waals surface area contributed by atoms with E-state index in [-0.39, 0.29) is 11.6 Å². The molecule has 0 spiro atoms. The second kappa shape index (κ2) is 5.33. The van der Waals surface area contributed by atoms with Crippen LogP contribution >= 0.6 is 11.8 Å². The fraction of sp³-hybridized carbons (Fsp3) is 0.467. The van der Waals surface area contributed by atoms with Crippen molar-refractivity contribution in [3.63, 3.8) is 0 Å². The summed E-state index contributed by atoms with van der Waals surface area (Å²) in [5.74, 6) is 0.117. The summed E-state index contributed by atoms with van der Waals surface area (Å²) < 4.78 is 15.7. The van der Waals surface area contributed by atoms with E-state index in [9.17, 15) is 9.18 Å². The average molecular weight is 308 g/mol. The second-order valence-electron chi connectivity index (χ2n) is 5.75. The molecule has 0 radical (unpaired) electrons. The number of imidazole rings is 1. The van der Waals surface area contributed by atoms with Crippen LogP contribution in [0.2, 0.25) is 0 Å². The molecule has 0 aliphatic heterocycles. The van der Waals surface area contributed by atoms with Crippen molar-refractivity contribution in [3.05, 3.63) is 23.5 Å². The van der Waals surface area contributed by atoms with E-state index in [1.807, 2.05) is 4.57 Å². The summed E-state index contributed by atoms with van der Waals surface area (Å²) in [6.07, 6.45) is 1.18. The Morgan fingerprint density at radius 3 is 2.90 bits per heavy atom. The van der Waals surface area contributed by atoms with Crippen LogP contribution in [-0.2, 0) is 11.3 Å². The number of hydrogen-bond donors (Lipinski definition) is 1. The highest BCUT2D eigenvalue weighted by Crippen LogP contribution is 2.40. The van der Waals surface area contributed by atoms with Gasteiger partial charge in [0.1, 0.15) is 5.82 Å². The van der Waals surface area contributed by atoms with E-state index in [4.69, 9.17) is 5.11 Å². The number of rotatable bonds is 5. The van der Waals surface area contributed by atoms with Crippen LogP contribution in [0.5, 0.6) is 0 Å². The van der Waals surface area contributed by atoms with Gasteiger partial charge in [-0.3, -0.25) is 4.79 Å². The van der Waals surface area contributed by atoms with E-state index in [1.165, 1.54) is 24.2 Å². The lowest BCUT2D eigenvalue weighted by Gasteiger charge is -2.08. The SMILES string of the molecule is Cc1cc2c(cc1F)nc(SCC(=O)O)n2CC1CC1C. The lowest BCUT2D eigenvalue weighted by molar-refractivity contribution is -0.133. The van der Waals surface area contributed by atoms with Crippen molar-refractivity contribution in [1.29, 1.82) is 0 Å². The number of fused-ring (bicyclic) bond motifs is 1. The number of carboxylic acid groups (broad SMARTS) is 1. The first-order valence-electron chi connectivity index (χ1n) is 6.96. The Labute approximate surface area is 126 Å². The molecule has 1 heterocycles. The molecule has 0 amide bonds. The molecule has 1 N–H and O–H groups in total. The highest BCUT2D eigenvalue weighted by molar-refractivity contribution is 7.99. The second-order valence-corrected chi connectivity index (χ2v) is 6.69. The number of carbonyl (C=O) groups is 1. The molecule has 1 aliphatic rings. The number of thioether (sulfide) groups is 1. The van der Waals surface area contributed by atoms with E-state index in [0.717, 1.165) is 12.1 Å². The maximum atomic E-state index is 13.7. The molecule has 1 aromatic carbocycles. The summed E-state index contributed by atoms with van der Waals surface area (Å²) in [6, 6.07) is 3.23. The molecule has 1 saturated carbocycles. The number of benzene rings is 1. The number of halogens is 1. The standard InChI is InChI=1S/C15H17FN2O2S/c1-8-3-10(8)6-18-13-4-9(2)11(16)5-12(13)17-15(18)21-7-14(19)20/h4-5,8,10H,3,6-7H2,1-2H3,(H,19,20). The van der Waals surface area contributed by atoms with Crippen LogP contribution in [0.3, 0.4) is 0 Å². The summed E-state index contributed by atoms with van der Waals surface area (Å²) >= 11 is 1.19. The number of carboxylic acids is 1. The molecule has 2 unspecified atom stereocenters. The van der Waals surface area contributed by atoms with Gasteiger partial charge in [-0.15, -0.1) is 0 Å². The van der Waals surface area contributed by atoms with E-state index < -0.39 is 5.97 Å². The zero-order chi connectivity index (χ0) is 15.1. The van der Waals surface area contributed by atoms with Crippen molar-refractivity contribution < 1.29 is 14.3 Å². The topological polar surface area (TPSA) is 55.1 Å². The fourth-order valence-electron chi connectivity index (χ4n) is 2.53. The molecule has 1 aromatic heterocycles. The molecule has 1 fully saturated rings. The minimum absolute atomic E-state index is 0.0367. The molecule has 6 heteroatoms. The maximum absolute atomic E-state index is 13.7. The molecule has 21 heavy (non-hydrogen) atoms. The Kier molecular flexibility index (Phi) is 3.65. The van der Waals surface area contributed by atoms with Gasteiger partial charge in [0, 0.05) is 12.6 Å². The quantitative estimate of drug-likeness (QED) is 0.861. The van der Waals surface area contributed by atoms with Gasteiger partial charge < -0.3 is 9.67 Å². The van der Waals surface area contributed by atoms with Gasteiger partial charge in [-0.25, -0.2) is 9.37 Å². The number of hydrogen-bond acceptors (Lipinski definition) is 3. The Morgan fingerprint density at radius 2 is 2.29 bits per heavy atom. The lowest BCUT2D eigenvalue weighted by Crippen LogP contribution is -2.05. The van der Waals surface area contributed by atoms with Gasteiger partial charge in [0.25, 0.3) is 0 Å². The third-order valence-corrected chi connectivity index (χ3v) is 4.97. The molecular weight excluding hydrogens is 291 g/mol. The van der Waals surface area contributed by atoms with Crippen LogP contribution in [0.4, 0.5) is 4.39 Å². The van der Waals surface area contributed by atoms with Crippen LogP contribution < -0.4 is 0 Å². The molecule has 2 aromatic rings. The molecule has 2 atom stereocenters. The van der Waals surface area contributed by atoms with Crippen molar-refractivity contribution in [2.75, 3.05) is 5.75 Å². The van der Waals surface area contributed by atoms with Gasteiger partial charge in [-0.05, 0) is 36.8 Å². The number of aryl methyl sites for hydroxylation is 1. The molecular formula is C15H17FN2O2S. The first-order valence-corrected chi connectivity index (χ1v) is 7.95. The molecule has 4 nitrogen and oxygen atoms in total. The van der Waals surface area contributed by atoms with Crippen molar-refractivity contribution in [1.82, 2.24) is 9.55 Å². The molecule has 0 saturated heterocycles. The van der Waals surface area contributed by atoms with E-state index in [2.05, 4.69) is 11.9 Å². The summed E-state index contributed by atoms with van der Waals surface area (Å²) in [6.45, 7) is 4.76. The van der Waals surface area contributed by atoms with Crippen molar-refractivity contribution in [2.45, 2.75) is 32.0 Å². The monoisotopic (exact) mass is 308 g/mol. The molecule has 1 aliphatic carbocycles. The van der Waals surface area contributed by atoms with Gasteiger partial charge in [0.05, 0.1) is 16.8 Å². The first-order chi connectivity index (χ1) is 9.95. The summed E-state index contributed by atoms with van der Waals surface area (Å²) in [5.41, 5.74) is 2.07. The van der Waals surface area contributed by atoms with Gasteiger partial charge in [0.2, 0.25) is 0 Å².